The summed E-state index contributed by atoms with van der Waals surface area (Å²) in [4.78, 5) is 0. The summed E-state index contributed by atoms with van der Waals surface area (Å²) in [5, 5.41) is 11.2. The Kier molecular flexibility index (Phi) is 5.32. The number of hydrogen-bond acceptors (Lipinski definition) is 5. The van der Waals surface area contributed by atoms with Gasteiger partial charge >= 0.3 is 0 Å². The molecule has 2 aromatic rings. The third-order valence-corrected chi connectivity index (χ3v) is 3.17. The van der Waals surface area contributed by atoms with Gasteiger partial charge in [-0.05, 0) is 49.8 Å². The first-order chi connectivity index (χ1) is 10.5. The molecule has 22 heavy (non-hydrogen) atoms. The highest BCUT2D eigenvalue weighted by molar-refractivity contribution is 7.71. The van der Waals surface area contributed by atoms with E-state index in [2.05, 4.69) is 15.3 Å². The Morgan fingerprint density at radius 2 is 2.18 bits per heavy atom. The molecule has 0 aliphatic heterocycles. The van der Waals surface area contributed by atoms with E-state index in [0.29, 0.717) is 16.3 Å². The molecule has 2 rings (SSSR count). The number of aromatic amines is 1. The number of aromatic nitrogens is 3. The number of rotatable bonds is 6. The number of hydrogen-bond donors (Lipinski definition) is 1. The van der Waals surface area contributed by atoms with Crippen molar-refractivity contribution in [1.82, 2.24) is 14.9 Å². The molecule has 6 nitrogen and oxygen atoms in total. The topological polar surface area (TPSA) is 64.4 Å². The molecule has 118 valence electrons. The summed E-state index contributed by atoms with van der Waals surface area (Å²) < 4.78 is 13.1. The van der Waals surface area contributed by atoms with Crippen molar-refractivity contribution in [1.29, 1.82) is 0 Å². The van der Waals surface area contributed by atoms with E-state index in [4.69, 9.17) is 21.7 Å². The third-order valence-electron chi connectivity index (χ3n) is 2.91. The van der Waals surface area contributed by atoms with Gasteiger partial charge in [0.1, 0.15) is 0 Å². The molecule has 0 bridgehead atoms. The summed E-state index contributed by atoms with van der Waals surface area (Å²) >= 11 is 5.16. The molecular weight excluding hydrogens is 300 g/mol. The molecule has 0 aliphatic carbocycles. The molecule has 0 atom stereocenters. The predicted molar refractivity (Wildman–Crippen MR) is 88.5 cm³/mol. The lowest BCUT2D eigenvalue weighted by Gasteiger charge is -2.13. The number of nitrogens with one attached hydrogen (secondary N) is 1. The van der Waals surface area contributed by atoms with Crippen LogP contribution >= 0.6 is 12.2 Å². The highest BCUT2D eigenvalue weighted by Crippen LogP contribution is 2.28. The lowest BCUT2D eigenvalue weighted by molar-refractivity contribution is 0.230. The Labute approximate surface area is 134 Å². The largest absolute Gasteiger partial charge is 0.493 e. The first-order valence-electron chi connectivity index (χ1n) is 7.10. The minimum absolute atomic E-state index is 0.0651. The highest BCUT2D eigenvalue weighted by Gasteiger charge is 2.07. The fourth-order valence-corrected chi connectivity index (χ4v) is 2.11. The average molecular weight is 320 g/mol. The first-order valence-corrected chi connectivity index (χ1v) is 7.51. The fourth-order valence-electron chi connectivity index (χ4n) is 1.92. The second kappa shape index (κ2) is 7.22. The summed E-state index contributed by atoms with van der Waals surface area (Å²) in [7, 11) is 1.62. The highest BCUT2D eigenvalue weighted by atomic mass is 32.1. The molecule has 0 unspecified atom stereocenters. The zero-order chi connectivity index (χ0) is 16.1. The van der Waals surface area contributed by atoms with Gasteiger partial charge in [0.2, 0.25) is 4.77 Å². The maximum atomic E-state index is 5.75. The van der Waals surface area contributed by atoms with Crippen LogP contribution in [-0.4, -0.2) is 34.3 Å². The summed E-state index contributed by atoms with van der Waals surface area (Å²) in [5.74, 6) is 2.17. The molecule has 0 saturated heterocycles. The minimum atomic E-state index is 0.0651. The Bertz CT molecular complexity index is 719. The summed E-state index contributed by atoms with van der Waals surface area (Å²) in [6, 6.07) is 5.65. The van der Waals surface area contributed by atoms with Crippen LogP contribution in [0.1, 0.15) is 32.2 Å². The summed E-state index contributed by atoms with van der Waals surface area (Å²) in [6.45, 7) is 5.94. The van der Waals surface area contributed by atoms with Gasteiger partial charge in [0.05, 0.1) is 19.4 Å². The van der Waals surface area contributed by atoms with Gasteiger partial charge in [-0.1, -0.05) is 6.92 Å². The molecule has 1 aromatic heterocycles. The van der Waals surface area contributed by atoms with E-state index in [-0.39, 0.29) is 6.10 Å². The maximum absolute atomic E-state index is 5.75. The van der Waals surface area contributed by atoms with E-state index < -0.39 is 0 Å². The van der Waals surface area contributed by atoms with Crippen molar-refractivity contribution < 1.29 is 9.47 Å². The third kappa shape index (κ3) is 3.73. The van der Waals surface area contributed by atoms with Gasteiger partial charge in [-0.15, -0.1) is 0 Å². The lowest BCUT2D eigenvalue weighted by atomic mass is 10.2. The van der Waals surface area contributed by atoms with Crippen molar-refractivity contribution in [2.45, 2.75) is 33.3 Å². The second-order valence-electron chi connectivity index (χ2n) is 4.93. The fraction of sp³-hybridized carbons (Fsp3) is 0.400. The van der Waals surface area contributed by atoms with Gasteiger partial charge in [-0.25, -0.2) is 0 Å². The van der Waals surface area contributed by atoms with Crippen molar-refractivity contribution in [3.63, 3.8) is 0 Å². The van der Waals surface area contributed by atoms with Crippen molar-refractivity contribution in [3.8, 4) is 11.5 Å². The number of methoxy groups -OCH3 is 1. The Morgan fingerprint density at radius 3 is 2.82 bits per heavy atom. The van der Waals surface area contributed by atoms with E-state index in [9.17, 15) is 0 Å². The van der Waals surface area contributed by atoms with Crippen molar-refractivity contribution in [2.75, 3.05) is 7.11 Å². The van der Waals surface area contributed by atoms with Gasteiger partial charge in [-0.2, -0.15) is 14.9 Å². The number of aryl methyl sites for hydroxylation is 1. The molecule has 1 heterocycles. The summed E-state index contributed by atoms with van der Waals surface area (Å²) in [6.07, 6.45) is 2.53. The zero-order valence-electron chi connectivity index (χ0n) is 13.2. The van der Waals surface area contributed by atoms with Crippen LogP contribution in [0, 0.1) is 4.77 Å². The SMILES string of the molecule is CCc1n[nH]c(=S)n1/N=C\c1ccc(OC)c(OC(C)C)c1. The zero-order valence-corrected chi connectivity index (χ0v) is 14.0. The normalized spacial score (nSPS) is 11.3. The van der Waals surface area contributed by atoms with Gasteiger partial charge in [0, 0.05) is 6.42 Å². The smallest absolute Gasteiger partial charge is 0.216 e. The van der Waals surface area contributed by atoms with Crippen LogP contribution in [0.25, 0.3) is 0 Å². The first kappa shape index (κ1) is 16.2. The Morgan fingerprint density at radius 1 is 1.41 bits per heavy atom. The van der Waals surface area contributed by atoms with Gasteiger partial charge in [0.15, 0.2) is 17.3 Å². The van der Waals surface area contributed by atoms with Crippen LogP contribution in [0.5, 0.6) is 11.5 Å². The molecule has 7 heteroatoms. The van der Waals surface area contributed by atoms with Crippen molar-refractivity contribution in [3.05, 3.63) is 34.4 Å². The van der Waals surface area contributed by atoms with Crippen molar-refractivity contribution >= 4 is 18.4 Å². The molecule has 0 fully saturated rings. The van der Waals surface area contributed by atoms with E-state index in [1.807, 2.05) is 39.0 Å². The van der Waals surface area contributed by atoms with Crippen LogP contribution in [0.4, 0.5) is 0 Å². The van der Waals surface area contributed by atoms with Gasteiger partial charge in [0.25, 0.3) is 0 Å². The molecule has 0 amide bonds. The van der Waals surface area contributed by atoms with Crippen LogP contribution in [0.2, 0.25) is 0 Å². The molecule has 0 aliphatic rings. The van der Waals surface area contributed by atoms with Gasteiger partial charge < -0.3 is 9.47 Å². The number of nitrogens with zero attached hydrogens (tertiary/aromatic N) is 3. The molecule has 0 radical (unpaired) electrons. The van der Waals surface area contributed by atoms with Crippen LogP contribution < -0.4 is 9.47 Å². The van der Waals surface area contributed by atoms with E-state index >= 15 is 0 Å². The number of H-pyrrole nitrogens is 1. The van der Waals surface area contributed by atoms with Gasteiger partial charge in [-0.3, -0.25) is 5.10 Å². The minimum Gasteiger partial charge on any atom is -0.493 e. The quantitative estimate of drug-likeness (QED) is 0.656. The van der Waals surface area contributed by atoms with Crippen LogP contribution in [0.3, 0.4) is 0 Å². The van der Waals surface area contributed by atoms with E-state index in [1.165, 1.54) is 0 Å². The number of ether oxygens (including phenoxy) is 2. The monoisotopic (exact) mass is 320 g/mol. The maximum Gasteiger partial charge on any atom is 0.216 e. The molecule has 1 aromatic carbocycles. The van der Waals surface area contributed by atoms with Crippen LogP contribution in [0.15, 0.2) is 23.3 Å². The van der Waals surface area contributed by atoms with Crippen molar-refractivity contribution in [2.24, 2.45) is 5.10 Å². The lowest BCUT2D eigenvalue weighted by Crippen LogP contribution is -2.07. The van der Waals surface area contributed by atoms with Crippen LogP contribution in [-0.2, 0) is 6.42 Å². The molecular formula is C15H20N4O2S. The molecule has 0 saturated carbocycles. The standard InChI is InChI=1S/C15H20N4O2S/c1-5-14-17-18-15(22)19(14)16-9-11-6-7-12(20-4)13(8-11)21-10(2)3/h6-10H,5H2,1-4H3,(H,18,22)/b16-9-. The summed E-state index contributed by atoms with van der Waals surface area (Å²) in [5.41, 5.74) is 0.890. The predicted octanol–water partition coefficient (Wildman–Crippen LogP) is 3.18. The Hall–Kier alpha value is -2.15. The number of benzene rings is 1. The van der Waals surface area contributed by atoms with E-state index in [0.717, 1.165) is 17.8 Å². The molecule has 0 spiro atoms. The second-order valence-corrected chi connectivity index (χ2v) is 5.32. The Balaban J connectivity index is 2.31. The average Bonchev–Trinajstić information content (AvgIpc) is 2.85. The van der Waals surface area contributed by atoms with E-state index in [1.54, 1.807) is 18.0 Å². The molecule has 1 N–H and O–H groups in total.